The van der Waals surface area contributed by atoms with Crippen LogP contribution in [0.25, 0.3) is 16.8 Å². The van der Waals surface area contributed by atoms with Crippen molar-refractivity contribution in [3.63, 3.8) is 0 Å². The monoisotopic (exact) mass is 475 g/mol. The van der Waals surface area contributed by atoms with Crippen molar-refractivity contribution in [3.05, 3.63) is 99.3 Å². The maximum absolute atomic E-state index is 13.4. The van der Waals surface area contributed by atoms with Gasteiger partial charge < -0.3 is 14.8 Å². The van der Waals surface area contributed by atoms with Gasteiger partial charge in [0.25, 0.3) is 5.91 Å². The van der Waals surface area contributed by atoms with E-state index in [-0.39, 0.29) is 22.5 Å². The number of benzene rings is 3. The maximum atomic E-state index is 13.4. The van der Waals surface area contributed by atoms with Crippen molar-refractivity contribution in [2.45, 2.75) is 6.92 Å². The standard InChI is InChI=1S/C26H22ClN3O4/c1-16-24(31)23(21-6-4-5-7-22(21)34-3)25(30(29-16)19-12-10-18(27)11-13-19)28-26(32)17-8-14-20(33-2)15-9-17/h4-15H,1-3H3,(H,28,32). The van der Waals surface area contributed by atoms with Crippen LogP contribution in [0, 0.1) is 6.92 Å². The van der Waals surface area contributed by atoms with E-state index >= 15 is 0 Å². The normalized spacial score (nSPS) is 10.6. The molecule has 1 heterocycles. The molecule has 0 bridgehead atoms. The van der Waals surface area contributed by atoms with Crippen LogP contribution >= 0.6 is 11.6 Å². The number of carbonyl (C=O) groups excluding carboxylic acids is 1. The lowest BCUT2D eigenvalue weighted by Gasteiger charge is -2.19. The Hall–Kier alpha value is -4.10. The Bertz CT molecular complexity index is 1400. The van der Waals surface area contributed by atoms with Gasteiger partial charge in [-0.25, -0.2) is 4.68 Å². The van der Waals surface area contributed by atoms with Crippen molar-refractivity contribution >= 4 is 23.3 Å². The summed E-state index contributed by atoms with van der Waals surface area (Å²) in [6, 6.07) is 20.7. The molecular formula is C26H22ClN3O4. The molecule has 0 saturated heterocycles. The summed E-state index contributed by atoms with van der Waals surface area (Å²) in [5, 5.41) is 7.92. The van der Waals surface area contributed by atoms with Gasteiger partial charge >= 0.3 is 0 Å². The highest BCUT2D eigenvalue weighted by Crippen LogP contribution is 2.34. The van der Waals surface area contributed by atoms with E-state index in [0.717, 1.165) is 0 Å². The minimum atomic E-state index is -0.411. The van der Waals surface area contributed by atoms with Gasteiger partial charge in [0.1, 0.15) is 23.0 Å². The van der Waals surface area contributed by atoms with Gasteiger partial charge in [0.2, 0.25) is 5.43 Å². The summed E-state index contributed by atoms with van der Waals surface area (Å²) in [7, 11) is 3.08. The SMILES string of the molecule is COc1ccc(C(=O)Nc2c(-c3ccccc3OC)c(=O)c(C)nn2-c2ccc(Cl)cc2)cc1. The highest BCUT2D eigenvalue weighted by atomic mass is 35.5. The number of amides is 1. The van der Waals surface area contributed by atoms with Gasteiger partial charge in [0.05, 0.1) is 25.5 Å². The molecule has 0 aliphatic carbocycles. The first-order valence-electron chi connectivity index (χ1n) is 10.4. The Morgan fingerprint density at radius 3 is 2.26 bits per heavy atom. The van der Waals surface area contributed by atoms with E-state index in [1.165, 1.54) is 11.8 Å². The number of para-hydroxylation sites is 1. The van der Waals surface area contributed by atoms with Crippen molar-refractivity contribution < 1.29 is 14.3 Å². The Labute approximate surface area is 201 Å². The number of hydrogen-bond donors (Lipinski definition) is 1. The molecule has 0 atom stereocenters. The number of halogens is 1. The molecule has 4 aromatic rings. The largest absolute Gasteiger partial charge is 0.497 e. The molecule has 1 amide bonds. The Balaban J connectivity index is 1.95. The summed E-state index contributed by atoms with van der Waals surface area (Å²) < 4.78 is 12.2. The minimum absolute atomic E-state index is 0.211. The van der Waals surface area contributed by atoms with Crippen LogP contribution in [-0.4, -0.2) is 29.9 Å². The molecule has 0 aliphatic heterocycles. The lowest BCUT2D eigenvalue weighted by atomic mass is 10.0. The van der Waals surface area contributed by atoms with Gasteiger partial charge in [-0.15, -0.1) is 0 Å². The molecule has 0 aliphatic rings. The molecule has 7 nitrogen and oxygen atoms in total. The first-order chi connectivity index (χ1) is 16.4. The molecule has 0 radical (unpaired) electrons. The minimum Gasteiger partial charge on any atom is -0.497 e. The number of carbonyl (C=O) groups is 1. The van der Waals surface area contributed by atoms with Crippen LogP contribution in [0.5, 0.6) is 11.5 Å². The fraction of sp³-hybridized carbons (Fsp3) is 0.115. The number of hydrogen-bond acceptors (Lipinski definition) is 5. The Kier molecular flexibility index (Phi) is 6.65. The second kappa shape index (κ2) is 9.80. The second-order valence-corrected chi connectivity index (χ2v) is 7.85. The van der Waals surface area contributed by atoms with Crippen molar-refractivity contribution in [2.24, 2.45) is 0 Å². The van der Waals surface area contributed by atoms with E-state index in [0.29, 0.717) is 33.3 Å². The van der Waals surface area contributed by atoms with Crippen molar-refractivity contribution in [2.75, 3.05) is 19.5 Å². The first-order valence-corrected chi connectivity index (χ1v) is 10.8. The van der Waals surface area contributed by atoms with Gasteiger partial charge in [0.15, 0.2) is 0 Å². The molecule has 0 fully saturated rings. The summed E-state index contributed by atoms with van der Waals surface area (Å²) in [6.07, 6.45) is 0. The third-order valence-electron chi connectivity index (χ3n) is 5.29. The first kappa shape index (κ1) is 23.1. The zero-order valence-electron chi connectivity index (χ0n) is 18.8. The summed E-state index contributed by atoms with van der Waals surface area (Å²) in [5.74, 6) is 0.920. The van der Waals surface area contributed by atoms with E-state index in [4.69, 9.17) is 21.1 Å². The fourth-order valence-electron chi connectivity index (χ4n) is 3.55. The number of aryl methyl sites for hydroxylation is 1. The molecule has 0 unspecified atom stereocenters. The summed E-state index contributed by atoms with van der Waals surface area (Å²) >= 11 is 6.08. The molecule has 1 N–H and O–H groups in total. The van der Waals surface area contributed by atoms with E-state index in [9.17, 15) is 9.59 Å². The molecular weight excluding hydrogens is 454 g/mol. The molecule has 8 heteroatoms. The zero-order valence-corrected chi connectivity index (χ0v) is 19.6. The van der Waals surface area contributed by atoms with Crippen LogP contribution in [0.2, 0.25) is 5.02 Å². The van der Waals surface area contributed by atoms with Crippen molar-refractivity contribution in [1.29, 1.82) is 0 Å². The smallest absolute Gasteiger partial charge is 0.256 e. The summed E-state index contributed by atoms with van der Waals surface area (Å²) in [6.45, 7) is 1.63. The van der Waals surface area contributed by atoms with Crippen molar-refractivity contribution in [3.8, 4) is 28.3 Å². The second-order valence-electron chi connectivity index (χ2n) is 7.41. The average molecular weight is 476 g/mol. The maximum Gasteiger partial charge on any atom is 0.256 e. The molecule has 0 saturated carbocycles. The number of rotatable bonds is 6. The lowest BCUT2D eigenvalue weighted by molar-refractivity contribution is 0.102. The van der Waals surface area contributed by atoms with Crippen LogP contribution in [0.4, 0.5) is 5.82 Å². The van der Waals surface area contributed by atoms with Crippen LogP contribution < -0.4 is 20.2 Å². The van der Waals surface area contributed by atoms with Gasteiger partial charge in [-0.3, -0.25) is 9.59 Å². The Morgan fingerprint density at radius 1 is 0.941 bits per heavy atom. The molecule has 1 aromatic heterocycles. The molecule has 34 heavy (non-hydrogen) atoms. The van der Waals surface area contributed by atoms with E-state index in [2.05, 4.69) is 10.4 Å². The van der Waals surface area contributed by atoms with Crippen LogP contribution in [0.3, 0.4) is 0 Å². The number of aromatic nitrogens is 2. The van der Waals surface area contributed by atoms with Crippen LogP contribution in [0.15, 0.2) is 77.6 Å². The summed E-state index contributed by atoms with van der Waals surface area (Å²) in [4.78, 5) is 26.6. The van der Waals surface area contributed by atoms with Crippen LogP contribution in [-0.2, 0) is 0 Å². The quantitative estimate of drug-likeness (QED) is 0.418. The van der Waals surface area contributed by atoms with E-state index in [1.54, 1.807) is 80.8 Å². The number of nitrogens with one attached hydrogen (secondary N) is 1. The highest BCUT2D eigenvalue weighted by Gasteiger charge is 2.23. The zero-order chi connectivity index (χ0) is 24.2. The predicted octanol–water partition coefficient (Wildman–Crippen LogP) is 5.13. The number of ether oxygens (including phenoxy) is 2. The average Bonchev–Trinajstić information content (AvgIpc) is 2.87. The number of nitrogens with zero attached hydrogens (tertiary/aromatic N) is 2. The third-order valence-corrected chi connectivity index (χ3v) is 5.54. The highest BCUT2D eigenvalue weighted by molar-refractivity contribution is 6.30. The van der Waals surface area contributed by atoms with Crippen LogP contribution in [0.1, 0.15) is 16.1 Å². The predicted molar refractivity (Wildman–Crippen MR) is 133 cm³/mol. The molecule has 172 valence electrons. The lowest BCUT2D eigenvalue weighted by Crippen LogP contribution is -2.25. The molecule has 4 rings (SSSR count). The van der Waals surface area contributed by atoms with Gasteiger partial charge in [0, 0.05) is 16.1 Å². The summed E-state index contributed by atoms with van der Waals surface area (Å²) in [5.41, 5.74) is 1.75. The molecule has 3 aromatic carbocycles. The Morgan fingerprint density at radius 2 is 1.62 bits per heavy atom. The fourth-order valence-corrected chi connectivity index (χ4v) is 3.67. The van der Waals surface area contributed by atoms with E-state index < -0.39 is 5.91 Å². The van der Waals surface area contributed by atoms with Gasteiger partial charge in [-0.05, 0) is 61.5 Å². The third kappa shape index (κ3) is 4.51. The molecule has 0 spiro atoms. The van der Waals surface area contributed by atoms with E-state index in [1.807, 2.05) is 6.07 Å². The topological polar surface area (TPSA) is 82.4 Å². The number of anilines is 1. The number of methoxy groups -OCH3 is 2. The van der Waals surface area contributed by atoms with Crippen molar-refractivity contribution in [1.82, 2.24) is 9.78 Å². The van der Waals surface area contributed by atoms with Gasteiger partial charge in [-0.2, -0.15) is 5.10 Å². The van der Waals surface area contributed by atoms with Gasteiger partial charge in [-0.1, -0.05) is 29.8 Å².